The van der Waals surface area contributed by atoms with Gasteiger partial charge in [0.05, 0.1) is 5.56 Å². The molecule has 0 aliphatic heterocycles. The number of carbonyl (C=O) groups excluding carboxylic acids is 1. The highest BCUT2D eigenvalue weighted by molar-refractivity contribution is 5.93. The molecule has 22 heavy (non-hydrogen) atoms. The Kier molecular flexibility index (Phi) is 6.23. The summed E-state index contributed by atoms with van der Waals surface area (Å²) in [5.41, 5.74) is 1.71. The van der Waals surface area contributed by atoms with Gasteiger partial charge in [-0.15, -0.1) is 0 Å². The van der Waals surface area contributed by atoms with Gasteiger partial charge in [0.2, 0.25) is 0 Å². The number of aromatic nitrogens is 1. The van der Waals surface area contributed by atoms with Gasteiger partial charge in [-0.05, 0) is 37.6 Å². The topological polar surface area (TPSA) is 66.1 Å². The van der Waals surface area contributed by atoms with E-state index in [1.54, 1.807) is 12.3 Å². The maximum Gasteiger partial charge on any atom is 0.252 e. The van der Waals surface area contributed by atoms with Crippen LogP contribution in [0.4, 0.5) is 11.5 Å². The van der Waals surface area contributed by atoms with E-state index in [0.29, 0.717) is 12.1 Å². The highest BCUT2D eigenvalue weighted by Gasteiger charge is 2.03. The molecule has 116 valence electrons. The molecule has 0 fully saturated rings. The Morgan fingerprint density at radius 1 is 1.05 bits per heavy atom. The molecule has 0 spiro atoms. The summed E-state index contributed by atoms with van der Waals surface area (Å²) in [6.07, 6.45) is 2.57. The van der Waals surface area contributed by atoms with Crippen molar-refractivity contribution < 1.29 is 4.79 Å². The molecule has 0 aliphatic rings. The lowest BCUT2D eigenvalue weighted by atomic mass is 10.2. The molecule has 3 N–H and O–H groups in total. The van der Waals surface area contributed by atoms with Crippen LogP contribution in [-0.2, 0) is 0 Å². The lowest BCUT2D eigenvalue weighted by molar-refractivity contribution is 0.0955. The van der Waals surface area contributed by atoms with Crippen molar-refractivity contribution in [1.82, 2.24) is 10.3 Å². The molecular formula is C17H22N4O. The number of anilines is 2. The molecule has 0 saturated carbocycles. The SMILES string of the molecule is CCNC(=O)c1ccc(NCCCNc2ccccc2)nc1. The Hall–Kier alpha value is -2.56. The number of hydrogen-bond donors (Lipinski definition) is 3. The molecule has 0 bridgehead atoms. The zero-order valence-corrected chi connectivity index (χ0v) is 12.8. The summed E-state index contributed by atoms with van der Waals surface area (Å²) in [6.45, 7) is 4.24. The van der Waals surface area contributed by atoms with E-state index in [1.807, 2.05) is 31.2 Å². The van der Waals surface area contributed by atoms with Crippen LogP contribution < -0.4 is 16.0 Å². The van der Waals surface area contributed by atoms with Crippen LogP contribution in [0.2, 0.25) is 0 Å². The molecule has 0 radical (unpaired) electrons. The monoisotopic (exact) mass is 298 g/mol. The average Bonchev–Trinajstić information content (AvgIpc) is 2.56. The summed E-state index contributed by atoms with van der Waals surface area (Å²) >= 11 is 0. The van der Waals surface area contributed by atoms with Crippen LogP contribution in [0.5, 0.6) is 0 Å². The number of pyridine rings is 1. The van der Waals surface area contributed by atoms with Gasteiger partial charge in [-0.1, -0.05) is 18.2 Å². The maximum absolute atomic E-state index is 11.6. The van der Waals surface area contributed by atoms with E-state index in [0.717, 1.165) is 31.0 Å². The van der Waals surface area contributed by atoms with Crippen LogP contribution in [0.15, 0.2) is 48.7 Å². The number of amides is 1. The van der Waals surface area contributed by atoms with Crippen LogP contribution in [-0.4, -0.2) is 30.5 Å². The summed E-state index contributed by atoms with van der Waals surface area (Å²) in [6, 6.07) is 13.7. The first-order valence-corrected chi connectivity index (χ1v) is 7.56. The van der Waals surface area contributed by atoms with E-state index < -0.39 is 0 Å². The fourth-order valence-electron chi connectivity index (χ4n) is 1.99. The van der Waals surface area contributed by atoms with Gasteiger partial charge in [0, 0.05) is 31.5 Å². The minimum Gasteiger partial charge on any atom is -0.385 e. The predicted molar refractivity (Wildman–Crippen MR) is 90.3 cm³/mol. The number of carbonyl (C=O) groups is 1. The Morgan fingerprint density at radius 2 is 1.82 bits per heavy atom. The van der Waals surface area contributed by atoms with Crippen molar-refractivity contribution in [3.63, 3.8) is 0 Å². The third-order valence-electron chi connectivity index (χ3n) is 3.13. The molecule has 1 aromatic heterocycles. The van der Waals surface area contributed by atoms with Crippen LogP contribution in [0.1, 0.15) is 23.7 Å². The molecule has 0 saturated heterocycles. The van der Waals surface area contributed by atoms with E-state index in [-0.39, 0.29) is 5.91 Å². The second-order valence-electron chi connectivity index (χ2n) is 4.86. The molecule has 1 aromatic carbocycles. The number of nitrogens with one attached hydrogen (secondary N) is 3. The highest BCUT2D eigenvalue weighted by Crippen LogP contribution is 2.06. The number of nitrogens with zero attached hydrogens (tertiary/aromatic N) is 1. The fourth-order valence-corrected chi connectivity index (χ4v) is 1.99. The summed E-state index contributed by atoms with van der Waals surface area (Å²) < 4.78 is 0. The quantitative estimate of drug-likeness (QED) is 0.656. The summed E-state index contributed by atoms with van der Waals surface area (Å²) in [7, 11) is 0. The number of benzene rings is 1. The fraction of sp³-hybridized carbons (Fsp3) is 0.294. The van der Waals surface area contributed by atoms with Crippen molar-refractivity contribution in [1.29, 1.82) is 0 Å². The normalized spacial score (nSPS) is 10.0. The smallest absolute Gasteiger partial charge is 0.252 e. The zero-order valence-electron chi connectivity index (χ0n) is 12.8. The molecule has 0 atom stereocenters. The van der Waals surface area contributed by atoms with Crippen molar-refractivity contribution in [2.24, 2.45) is 0 Å². The molecule has 1 heterocycles. The van der Waals surface area contributed by atoms with Crippen LogP contribution in [0.25, 0.3) is 0 Å². The number of rotatable bonds is 8. The summed E-state index contributed by atoms with van der Waals surface area (Å²) in [4.78, 5) is 15.9. The van der Waals surface area contributed by atoms with Gasteiger partial charge in [0.15, 0.2) is 0 Å². The lowest BCUT2D eigenvalue weighted by Gasteiger charge is -2.08. The van der Waals surface area contributed by atoms with Gasteiger partial charge in [0.25, 0.3) is 5.91 Å². The standard InChI is InChI=1S/C17H22N4O/c1-2-18-17(22)14-9-10-16(21-13-14)20-12-6-11-19-15-7-4-3-5-8-15/h3-5,7-10,13,19H,2,6,11-12H2,1H3,(H,18,22)(H,20,21). The molecule has 2 rings (SSSR count). The second kappa shape index (κ2) is 8.67. The van der Waals surface area contributed by atoms with Gasteiger partial charge in [0.1, 0.15) is 5.82 Å². The Balaban J connectivity index is 1.68. The first kappa shape index (κ1) is 15.8. The van der Waals surface area contributed by atoms with E-state index in [1.165, 1.54) is 0 Å². The van der Waals surface area contributed by atoms with E-state index in [4.69, 9.17) is 0 Å². The summed E-state index contributed by atoms with van der Waals surface area (Å²) in [5.74, 6) is 0.696. The van der Waals surface area contributed by atoms with E-state index in [2.05, 4.69) is 33.1 Å². The Bertz CT molecular complexity index is 569. The van der Waals surface area contributed by atoms with Gasteiger partial charge in [-0.3, -0.25) is 4.79 Å². The van der Waals surface area contributed by atoms with Crippen LogP contribution >= 0.6 is 0 Å². The average molecular weight is 298 g/mol. The van der Waals surface area contributed by atoms with Crippen LogP contribution in [0.3, 0.4) is 0 Å². The number of para-hydroxylation sites is 1. The first-order valence-electron chi connectivity index (χ1n) is 7.56. The van der Waals surface area contributed by atoms with Crippen molar-refractivity contribution in [3.05, 3.63) is 54.2 Å². The number of hydrogen-bond acceptors (Lipinski definition) is 4. The Labute approximate surface area is 131 Å². The van der Waals surface area contributed by atoms with Gasteiger partial charge in [-0.2, -0.15) is 0 Å². The molecule has 5 heteroatoms. The van der Waals surface area contributed by atoms with Crippen molar-refractivity contribution in [2.75, 3.05) is 30.3 Å². The minimum atomic E-state index is -0.0892. The molecule has 0 aliphatic carbocycles. The Morgan fingerprint density at radius 3 is 2.50 bits per heavy atom. The summed E-state index contributed by atoms with van der Waals surface area (Å²) in [5, 5.41) is 9.35. The lowest BCUT2D eigenvalue weighted by Crippen LogP contribution is -2.22. The van der Waals surface area contributed by atoms with Crippen molar-refractivity contribution in [3.8, 4) is 0 Å². The minimum absolute atomic E-state index is 0.0892. The van der Waals surface area contributed by atoms with E-state index >= 15 is 0 Å². The first-order chi connectivity index (χ1) is 10.8. The largest absolute Gasteiger partial charge is 0.385 e. The van der Waals surface area contributed by atoms with Crippen LogP contribution in [0, 0.1) is 0 Å². The van der Waals surface area contributed by atoms with Gasteiger partial charge < -0.3 is 16.0 Å². The van der Waals surface area contributed by atoms with Gasteiger partial charge >= 0.3 is 0 Å². The molecule has 1 amide bonds. The van der Waals surface area contributed by atoms with E-state index in [9.17, 15) is 4.79 Å². The third-order valence-corrected chi connectivity index (χ3v) is 3.13. The predicted octanol–water partition coefficient (Wildman–Crippen LogP) is 2.75. The third kappa shape index (κ3) is 5.09. The van der Waals surface area contributed by atoms with Crippen molar-refractivity contribution in [2.45, 2.75) is 13.3 Å². The molecule has 2 aromatic rings. The maximum atomic E-state index is 11.6. The second-order valence-corrected chi connectivity index (χ2v) is 4.86. The van der Waals surface area contributed by atoms with Gasteiger partial charge in [-0.25, -0.2) is 4.98 Å². The molecule has 0 unspecified atom stereocenters. The van der Waals surface area contributed by atoms with Crippen molar-refractivity contribution >= 4 is 17.4 Å². The molecular weight excluding hydrogens is 276 g/mol. The molecule has 5 nitrogen and oxygen atoms in total. The highest BCUT2D eigenvalue weighted by atomic mass is 16.1. The zero-order chi connectivity index (χ0) is 15.6.